The van der Waals surface area contributed by atoms with E-state index in [1.54, 1.807) is 0 Å². The highest BCUT2D eigenvalue weighted by Gasteiger charge is 2.26. The van der Waals surface area contributed by atoms with Crippen LogP contribution in [0.5, 0.6) is 0 Å². The maximum Gasteiger partial charge on any atom is 0.289 e. The molecule has 1 aromatic rings. The van der Waals surface area contributed by atoms with E-state index >= 15 is 0 Å². The third-order valence-electron chi connectivity index (χ3n) is 3.42. The zero-order valence-electron chi connectivity index (χ0n) is 11.6. The molecule has 0 aliphatic carbocycles. The van der Waals surface area contributed by atoms with Gasteiger partial charge in [-0.25, -0.2) is 13.1 Å². The van der Waals surface area contributed by atoms with Crippen LogP contribution in [0.4, 0.5) is 5.69 Å². The van der Waals surface area contributed by atoms with Gasteiger partial charge in [0.1, 0.15) is 0 Å². The molecule has 22 heavy (non-hydrogen) atoms. The number of rotatable bonds is 6. The third-order valence-corrected chi connectivity index (χ3v) is 5.40. The monoisotopic (exact) mass is 413 g/mol. The highest BCUT2D eigenvalue weighted by molar-refractivity contribution is 9.10. The van der Waals surface area contributed by atoms with E-state index in [1.807, 2.05) is 0 Å². The standard InChI is InChI=1S/C12H16BrN3O4S.ClH/c13-10-1-2-11(16(17)18)12(7-10)21(19,20)15-6-4-9-3-5-14-8-9;/h1-2,7,9,14-15H,3-6,8H2;1H. The van der Waals surface area contributed by atoms with E-state index in [-0.39, 0.29) is 23.8 Å². The molecule has 1 aliphatic heterocycles. The van der Waals surface area contributed by atoms with Gasteiger partial charge in [-0.2, -0.15) is 0 Å². The lowest BCUT2D eigenvalue weighted by molar-refractivity contribution is -0.387. The van der Waals surface area contributed by atoms with E-state index in [4.69, 9.17) is 0 Å². The Labute approximate surface area is 143 Å². The van der Waals surface area contributed by atoms with Gasteiger partial charge in [0.25, 0.3) is 5.69 Å². The van der Waals surface area contributed by atoms with Crippen molar-refractivity contribution in [3.8, 4) is 0 Å². The van der Waals surface area contributed by atoms with E-state index in [1.165, 1.54) is 18.2 Å². The normalized spacial score (nSPS) is 18.0. The van der Waals surface area contributed by atoms with Gasteiger partial charge in [-0.05, 0) is 44.0 Å². The SMILES string of the molecule is Cl.O=[N+]([O-])c1ccc(Br)cc1S(=O)(=O)NCCC1CCNC1. The first-order valence-electron chi connectivity index (χ1n) is 6.54. The summed E-state index contributed by atoms with van der Waals surface area (Å²) in [4.78, 5) is 9.95. The van der Waals surface area contributed by atoms with Crippen molar-refractivity contribution in [2.45, 2.75) is 17.7 Å². The maximum atomic E-state index is 12.2. The summed E-state index contributed by atoms with van der Waals surface area (Å²) < 4.78 is 27.4. The second-order valence-electron chi connectivity index (χ2n) is 4.91. The Kier molecular flexibility index (Phi) is 7.20. The summed E-state index contributed by atoms with van der Waals surface area (Å²) in [5.41, 5.74) is -0.423. The van der Waals surface area contributed by atoms with Gasteiger partial charge in [0.15, 0.2) is 4.90 Å². The first-order valence-corrected chi connectivity index (χ1v) is 8.82. The number of nitrogens with zero attached hydrogens (tertiary/aromatic N) is 1. The molecule has 1 fully saturated rings. The van der Waals surface area contributed by atoms with E-state index < -0.39 is 20.6 Å². The van der Waals surface area contributed by atoms with Gasteiger partial charge in [0, 0.05) is 17.1 Å². The summed E-state index contributed by atoms with van der Waals surface area (Å²) in [5, 5.41) is 14.2. The molecule has 1 saturated heterocycles. The van der Waals surface area contributed by atoms with Crippen LogP contribution >= 0.6 is 28.3 Å². The lowest BCUT2D eigenvalue weighted by Crippen LogP contribution is -2.27. The molecule has 0 spiro atoms. The van der Waals surface area contributed by atoms with Gasteiger partial charge in [-0.15, -0.1) is 12.4 Å². The predicted molar refractivity (Wildman–Crippen MR) is 88.8 cm³/mol. The minimum Gasteiger partial charge on any atom is -0.316 e. The van der Waals surface area contributed by atoms with Crippen LogP contribution in [0.1, 0.15) is 12.8 Å². The second kappa shape index (κ2) is 8.21. The second-order valence-corrected chi connectivity index (χ2v) is 7.57. The molecule has 0 radical (unpaired) electrons. The van der Waals surface area contributed by atoms with Crippen LogP contribution in [0.25, 0.3) is 0 Å². The molecule has 7 nitrogen and oxygen atoms in total. The van der Waals surface area contributed by atoms with Crippen LogP contribution in [-0.2, 0) is 10.0 Å². The van der Waals surface area contributed by atoms with Crippen molar-refractivity contribution < 1.29 is 13.3 Å². The molecule has 0 bridgehead atoms. The van der Waals surface area contributed by atoms with Crippen molar-refractivity contribution in [2.75, 3.05) is 19.6 Å². The largest absolute Gasteiger partial charge is 0.316 e. The summed E-state index contributed by atoms with van der Waals surface area (Å²) in [6, 6.07) is 3.87. The molecule has 2 rings (SSSR count). The Balaban J connectivity index is 0.00000242. The minimum atomic E-state index is -3.89. The van der Waals surface area contributed by atoms with Gasteiger partial charge < -0.3 is 5.32 Å². The predicted octanol–water partition coefficient (Wildman–Crippen LogP) is 2.06. The molecule has 10 heteroatoms. The smallest absolute Gasteiger partial charge is 0.289 e. The van der Waals surface area contributed by atoms with E-state index in [0.29, 0.717) is 16.8 Å². The van der Waals surface area contributed by atoms with Gasteiger partial charge >= 0.3 is 0 Å². The molecule has 0 saturated carbocycles. The molecule has 0 amide bonds. The Morgan fingerprint density at radius 3 is 2.77 bits per heavy atom. The number of hydrogen-bond acceptors (Lipinski definition) is 5. The van der Waals surface area contributed by atoms with E-state index in [2.05, 4.69) is 26.0 Å². The first-order chi connectivity index (χ1) is 9.90. The Bertz CT molecular complexity index is 635. The fourth-order valence-corrected chi connectivity index (χ4v) is 4.04. The lowest BCUT2D eigenvalue weighted by Gasteiger charge is -2.10. The fourth-order valence-electron chi connectivity index (χ4n) is 2.29. The minimum absolute atomic E-state index is 0. The molecule has 1 aliphatic rings. The molecule has 124 valence electrons. The van der Waals surface area contributed by atoms with Crippen molar-refractivity contribution in [3.05, 3.63) is 32.8 Å². The van der Waals surface area contributed by atoms with Crippen molar-refractivity contribution >= 4 is 44.0 Å². The van der Waals surface area contributed by atoms with Crippen LogP contribution in [0.15, 0.2) is 27.6 Å². The van der Waals surface area contributed by atoms with Crippen molar-refractivity contribution in [3.63, 3.8) is 0 Å². The summed E-state index contributed by atoms with van der Waals surface area (Å²) in [7, 11) is -3.89. The number of halogens is 2. The Morgan fingerprint density at radius 1 is 1.45 bits per heavy atom. The summed E-state index contributed by atoms with van der Waals surface area (Å²) in [6.07, 6.45) is 1.74. The highest BCUT2D eigenvalue weighted by atomic mass is 79.9. The quantitative estimate of drug-likeness (QED) is 0.548. The average molecular weight is 415 g/mol. The van der Waals surface area contributed by atoms with Gasteiger partial charge in [-0.1, -0.05) is 15.9 Å². The fraction of sp³-hybridized carbons (Fsp3) is 0.500. The van der Waals surface area contributed by atoms with Gasteiger partial charge in [0.2, 0.25) is 10.0 Å². The van der Waals surface area contributed by atoms with Crippen LogP contribution in [0.3, 0.4) is 0 Å². The van der Waals surface area contributed by atoms with Crippen LogP contribution in [-0.4, -0.2) is 33.0 Å². The van der Waals surface area contributed by atoms with Crippen LogP contribution < -0.4 is 10.0 Å². The van der Waals surface area contributed by atoms with E-state index in [9.17, 15) is 18.5 Å². The number of nitro groups is 1. The molecular formula is C12H17BrClN3O4S. The van der Waals surface area contributed by atoms with Crippen LogP contribution in [0, 0.1) is 16.0 Å². The van der Waals surface area contributed by atoms with Crippen LogP contribution in [0.2, 0.25) is 0 Å². The average Bonchev–Trinajstić information content (AvgIpc) is 2.91. The zero-order chi connectivity index (χ0) is 15.5. The molecule has 2 N–H and O–H groups in total. The highest BCUT2D eigenvalue weighted by Crippen LogP contribution is 2.27. The van der Waals surface area contributed by atoms with Crippen molar-refractivity contribution in [1.29, 1.82) is 0 Å². The topological polar surface area (TPSA) is 101 Å². The number of nitro benzene ring substituents is 1. The maximum absolute atomic E-state index is 12.2. The zero-order valence-corrected chi connectivity index (χ0v) is 14.8. The number of hydrogen-bond donors (Lipinski definition) is 2. The first kappa shape index (κ1) is 19.3. The molecule has 1 aromatic carbocycles. The summed E-state index contributed by atoms with van der Waals surface area (Å²) in [5.74, 6) is 0.449. The summed E-state index contributed by atoms with van der Waals surface area (Å²) in [6.45, 7) is 2.12. The molecule has 1 unspecified atom stereocenters. The molecule has 0 aromatic heterocycles. The summed E-state index contributed by atoms with van der Waals surface area (Å²) >= 11 is 3.14. The Hall–Kier alpha value is -0.740. The number of sulfonamides is 1. The molecule has 1 atom stereocenters. The lowest BCUT2D eigenvalue weighted by atomic mass is 10.1. The molecule has 1 heterocycles. The van der Waals surface area contributed by atoms with Crippen molar-refractivity contribution in [2.24, 2.45) is 5.92 Å². The Morgan fingerprint density at radius 2 is 2.18 bits per heavy atom. The number of benzene rings is 1. The van der Waals surface area contributed by atoms with Gasteiger partial charge in [0.05, 0.1) is 4.92 Å². The molecular weight excluding hydrogens is 398 g/mol. The third kappa shape index (κ3) is 4.88. The van der Waals surface area contributed by atoms with Crippen molar-refractivity contribution in [1.82, 2.24) is 10.0 Å². The number of nitrogens with one attached hydrogen (secondary N) is 2. The van der Waals surface area contributed by atoms with Gasteiger partial charge in [-0.3, -0.25) is 10.1 Å². The van der Waals surface area contributed by atoms with E-state index in [0.717, 1.165) is 19.5 Å².